The predicted octanol–water partition coefficient (Wildman–Crippen LogP) is 1.64. The molecule has 0 spiro atoms. The first-order valence-electron chi connectivity index (χ1n) is 5.09. The summed E-state index contributed by atoms with van der Waals surface area (Å²) in [5, 5.41) is 0.0702. The minimum atomic E-state index is -4.50. The normalized spacial score (nSPS) is 12.8. The second-order valence-electron chi connectivity index (χ2n) is 4.02. The average Bonchev–Trinajstić information content (AvgIpc) is 2.24. The largest absolute Gasteiger partial charge is 0.295 e. The fourth-order valence-corrected chi connectivity index (χ4v) is 3.71. The van der Waals surface area contributed by atoms with E-state index in [9.17, 15) is 21.4 Å². The van der Waals surface area contributed by atoms with Crippen molar-refractivity contribution in [2.45, 2.75) is 16.7 Å². The molecule has 0 aromatic heterocycles. The Morgan fingerprint density at radius 3 is 1.89 bits per heavy atom. The third-order valence-electron chi connectivity index (χ3n) is 2.68. The fraction of sp³-hybridized carbons (Fsp3) is 0.0909. The molecule has 0 heterocycles. The Labute approximate surface area is 110 Å². The van der Waals surface area contributed by atoms with Gasteiger partial charge < -0.3 is 0 Å². The second kappa shape index (κ2) is 4.27. The summed E-state index contributed by atoms with van der Waals surface area (Å²) in [5.74, 6) is 0. The number of fused-ring (bicyclic) bond motifs is 1. The predicted molar refractivity (Wildman–Crippen MR) is 68.3 cm³/mol. The van der Waals surface area contributed by atoms with Crippen molar-refractivity contribution in [3.63, 3.8) is 0 Å². The Hall–Kier alpha value is -1.48. The van der Waals surface area contributed by atoms with E-state index in [4.69, 9.17) is 4.55 Å². The maximum Gasteiger partial charge on any atom is 0.295 e. The van der Waals surface area contributed by atoms with E-state index < -0.39 is 25.1 Å². The highest BCUT2D eigenvalue weighted by atomic mass is 32.2. The summed E-state index contributed by atoms with van der Waals surface area (Å²) in [6.45, 7) is 1.34. The summed E-state index contributed by atoms with van der Waals surface area (Å²) in [5.41, 5.74) is 0.0359. The lowest BCUT2D eigenvalue weighted by atomic mass is 10.1. The van der Waals surface area contributed by atoms with Crippen molar-refractivity contribution < 1.29 is 25.9 Å². The van der Waals surface area contributed by atoms with Crippen LogP contribution in [0, 0.1) is 6.92 Å². The van der Waals surface area contributed by atoms with Gasteiger partial charge in [0.2, 0.25) is 0 Å². The highest BCUT2D eigenvalue weighted by Gasteiger charge is 2.23. The number of aryl methyl sites for hydroxylation is 1. The van der Waals surface area contributed by atoms with Gasteiger partial charge in [0.1, 0.15) is 9.79 Å². The van der Waals surface area contributed by atoms with Gasteiger partial charge in [-0.15, -0.1) is 0 Å². The Balaban J connectivity index is 3.11. The molecule has 2 N–H and O–H groups in total. The molecule has 2 aromatic rings. The zero-order valence-electron chi connectivity index (χ0n) is 9.73. The Morgan fingerprint density at radius 1 is 0.895 bits per heavy atom. The molecule has 2 rings (SSSR count). The van der Waals surface area contributed by atoms with Crippen molar-refractivity contribution in [2.24, 2.45) is 0 Å². The maximum atomic E-state index is 11.4. The van der Waals surface area contributed by atoms with Crippen LogP contribution in [-0.4, -0.2) is 25.9 Å². The highest BCUT2D eigenvalue weighted by Crippen LogP contribution is 2.31. The van der Waals surface area contributed by atoms with Crippen molar-refractivity contribution in [2.75, 3.05) is 0 Å². The molecule has 0 amide bonds. The summed E-state index contributed by atoms with van der Waals surface area (Å²) in [4.78, 5) is -0.761. The van der Waals surface area contributed by atoms with Gasteiger partial charge in [0.05, 0.1) is 0 Å². The van der Waals surface area contributed by atoms with Crippen LogP contribution < -0.4 is 0 Å². The number of hydrogen-bond donors (Lipinski definition) is 2. The van der Waals surface area contributed by atoms with Crippen molar-refractivity contribution in [1.82, 2.24) is 0 Å². The first-order chi connectivity index (χ1) is 8.62. The van der Waals surface area contributed by atoms with Gasteiger partial charge >= 0.3 is 0 Å². The Morgan fingerprint density at radius 2 is 1.42 bits per heavy atom. The van der Waals surface area contributed by atoms with Crippen LogP contribution in [0.15, 0.2) is 40.1 Å². The van der Waals surface area contributed by atoms with Crippen LogP contribution in [0.2, 0.25) is 0 Å². The summed E-state index contributed by atoms with van der Waals surface area (Å²) >= 11 is 0. The monoisotopic (exact) mass is 302 g/mol. The molecule has 0 fully saturated rings. The van der Waals surface area contributed by atoms with E-state index >= 15 is 0 Å². The molecule has 0 radical (unpaired) electrons. The molecule has 0 saturated carbocycles. The van der Waals surface area contributed by atoms with Gasteiger partial charge in [-0.05, 0) is 18.6 Å². The van der Waals surface area contributed by atoms with Crippen molar-refractivity contribution in [3.8, 4) is 0 Å². The molecule has 0 saturated heterocycles. The molecule has 19 heavy (non-hydrogen) atoms. The molecule has 2 aromatic carbocycles. The number of hydrogen-bond acceptors (Lipinski definition) is 4. The quantitative estimate of drug-likeness (QED) is 0.816. The van der Waals surface area contributed by atoms with Crippen LogP contribution in [0.25, 0.3) is 10.8 Å². The smallest absolute Gasteiger partial charge is 0.282 e. The van der Waals surface area contributed by atoms with Crippen LogP contribution in [0.3, 0.4) is 0 Å². The second-order valence-corrected chi connectivity index (χ2v) is 6.76. The van der Waals surface area contributed by atoms with E-state index in [0.29, 0.717) is 0 Å². The van der Waals surface area contributed by atoms with Gasteiger partial charge in [0, 0.05) is 10.8 Å². The van der Waals surface area contributed by atoms with Crippen LogP contribution in [0.1, 0.15) is 5.56 Å². The van der Waals surface area contributed by atoms with Gasteiger partial charge in [-0.25, -0.2) is 0 Å². The SMILES string of the molecule is Cc1cc(S(=O)(=O)O)c2ccccc2c1S(=O)(=O)O. The molecule has 0 aliphatic heterocycles. The average molecular weight is 302 g/mol. The van der Waals surface area contributed by atoms with Crippen molar-refractivity contribution >= 4 is 31.0 Å². The third-order valence-corrected chi connectivity index (χ3v) is 4.63. The van der Waals surface area contributed by atoms with Gasteiger partial charge in [-0.3, -0.25) is 9.11 Å². The minimum absolute atomic E-state index is 0.0308. The molecule has 6 nitrogen and oxygen atoms in total. The fourth-order valence-electron chi connectivity index (χ4n) is 2.00. The molecule has 8 heteroatoms. The van der Waals surface area contributed by atoms with E-state index in [1.54, 1.807) is 0 Å². The van der Waals surface area contributed by atoms with E-state index in [0.717, 1.165) is 6.07 Å². The maximum absolute atomic E-state index is 11.4. The molecule has 0 atom stereocenters. The summed E-state index contributed by atoms with van der Waals surface area (Å²) in [6, 6.07) is 6.73. The Bertz CT molecular complexity index is 865. The van der Waals surface area contributed by atoms with E-state index in [-0.39, 0.29) is 21.2 Å². The zero-order valence-corrected chi connectivity index (χ0v) is 11.4. The van der Waals surface area contributed by atoms with Gasteiger partial charge in [0.25, 0.3) is 20.2 Å². The summed E-state index contributed by atoms with van der Waals surface area (Å²) in [6.07, 6.45) is 0. The van der Waals surface area contributed by atoms with Crippen molar-refractivity contribution in [1.29, 1.82) is 0 Å². The van der Waals surface area contributed by atoms with Crippen LogP contribution >= 0.6 is 0 Å². The molecular weight excluding hydrogens is 292 g/mol. The first kappa shape index (κ1) is 13.9. The minimum Gasteiger partial charge on any atom is -0.282 e. The standard InChI is InChI=1S/C11H10O6S2/c1-7-6-10(18(12,13)14)8-4-2-3-5-9(8)11(7)19(15,16)17/h2-6H,1H3,(H,12,13,14)(H,15,16,17). The van der Waals surface area contributed by atoms with Gasteiger partial charge in [0.15, 0.2) is 0 Å². The lowest BCUT2D eigenvalue weighted by Gasteiger charge is -2.10. The Kier molecular flexibility index (Phi) is 3.13. The van der Waals surface area contributed by atoms with E-state index in [1.165, 1.54) is 31.2 Å². The van der Waals surface area contributed by atoms with E-state index in [1.807, 2.05) is 0 Å². The molecule has 0 aliphatic rings. The summed E-state index contributed by atoms with van der Waals surface area (Å²) < 4.78 is 63.7. The van der Waals surface area contributed by atoms with Crippen LogP contribution in [0.5, 0.6) is 0 Å². The number of rotatable bonds is 2. The van der Waals surface area contributed by atoms with Crippen LogP contribution in [-0.2, 0) is 20.2 Å². The summed E-state index contributed by atoms with van der Waals surface area (Å²) in [7, 11) is -8.99. The molecule has 0 aliphatic carbocycles. The number of benzene rings is 2. The first-order valence-corrected chi connectivity index (χ1v) is 7.97. The lowest BCUT2D eigenvalue weighted by molar-refractivity contribution is 0.479. The molecular formula is C11H10O6S2. The van der Waals surface area contributed by atoms with Crippen LogP contribution in [0.4, 0.5) is 0 Å². The molecule has 0 unspecified atom stereocenters. The third kappa shape index (κ3) is 2.47. The van der Waals surface area contributed by atoms with Gasteiger partial charge in [-0.1, -0.05) is 24.3 Å². The molecule has 0 bridgehead atoms. The van der Waals surface area contributed by atoms with E-state index in [2.05, 4.69) is 0 Å². The highest BCUT2D eigenvalue weighted by molar-refractivity contribution is 7.86. The van der Waals surface area contributed by atoms with Crippen molar-refractivity contribution in [3.05, 3.63) is 35.9 Å². The van der Waals surface area contributed by atoms with Gasteiger partial charge in [-0.2, -0.15) is 16.8 Å². The zero-order chi connectivity index (χ0) is 14.4. The molecule has 102 valence electrons. The lowest BCUT2D eigenvalue weighted by Crippen LogP contribution is -2.06. The topological polar surface area (TPSA) is 109 Å².